The van der Waals surface area contributed by atoms with Crippen LogP contribution in [0.4, 0.5) is 4.79 Å². The molecule has 0 radical (unpaired) electrons. The zero-order valence-corrected chi connectivity index (χ0v) is 25.4. The fraction of sp³-hybridized carbons (Fsp3) is 0.500. The Morgan fingerprint density at radius 3 is 2.45 bits per heavy atom. The highest BCUT2D eigenvalue weighted by Gasteiger charge is 2.63. The molecule has 0 N–H and O–H groups in total. The highest BCUT2D eigenvalue weighted by atomic mass is 16.6. The first-order valence-corrected chi connectivity index (χ1v) is 15.6. The molecule has 4 fully saturated rings. The van der Waals surface area contributed by atoms with Crippen LogP contribution >= 0.6 is 0 Å². The molecule has 3 atom stereocenters. The molecule has 10 nitrogen and oxygen atoms in total. The van der Waals surface area contributed by atoms with Gasteiger partial charge in [0.1, 0.15) is 6.61 Å². The van der Waals surface area contributed by atoms with Crippen LogP contribution in [0.2, 0.25) is 0 Å². The molecule has 3 aliphatic heterocycles. The van der Waals surface area contributed by atoms with Gasteiger partial charge in [0, 0.05) is 43.7 Å². The quantitative estimate of drug-likeness (QED) is 0.480. The van der Waals surface area contributed by atoms with Gasteiger partial charge in [-0.1, -0.05) is 68.0 Å². The Kier molecular flexibility index (Phi) is 6.98. The molecule has 0 bridgehead atoms. The van der Waals surface area contributed by atoms with Gasteiger partial charge in [-0.15, -0.1) is 0 Å². The van der Waals surface area contributed by atoms with E-state index < -0.39 is 23.5 Å². The van der Waals surface area contributed by atoms with E-state index >= 15 is 0 Å². The van der Waals surface area contributed by atoms with Gasteiger partial charge in [0.05, 0.1) is 30.3 Å². The summed E-state index contributed by atoms with van der Waals surface area (Å²) in [4.78, 5) is 59.1. The van der Waals surface area contributed by atoms with Crippen molar-refractivity contribution in [1.82, 2.24) is 24.5 Å². The molecule has 3 saturated heterocycles. The highest BCUT2D eigenvalue weighted by Crippen LogP contribution is 2.55. The fourth-order valence-electron chi connectivity index (χ4n) is 7.42. The summed E-state index contributed by atoms with van der Waals surface area (Å²) in [6.07, 6.45) is 12.3. The summed E-state index contributed by atoms with van der Waals surface area (Å²) in [5.41, 5.74) is 2.01. The number of aromatic nitrogens is 2. The largest absolute Gasteiger partial charge is 0.447 e. The lowest BCUT2D eigenvalue weighted by Crippen LogP contribution is -2.65. The number of cyclic esters (lactones) is 1. The average Bonchev–Trinajstić information content (AvgIpc) is 3.39. The van der Waals surface area contributed by atoms with Crippen LogP contribution in [0.25, 0.3) is 0 Å². The average molecular weight is 598 g/mol. The van der Waals surface area contributed by atoms with E-state index in [4.69, 9.17) is 4.74 Å². The first-order chi connectivity index (χ1) is 21.1. The number of amides is 4. The normalized spacial score (nSPS) is 26.4. The van der Waals surface area contributed by atoms with E-state index in [1.807, 2.05) is 35.2 Å². The third-order valence-corrected chi connectivity index (χ3v) is 10.2. The van der Waals surface area contributed by atoms with E-state index in [0.717, 1.165) is 30.4 Å². The Morgan fingerprint density at radius 2 is 1.75 bits per heavy atom. The molecule has 1 aromatic heterocycles. The van der Waals surface area contributed by atoms with Crippen LogP contribution in [0.15, 0.2) is 66.5 Å². The van der Waals surface area contributed by atoms with Crippen LogP contribution < -0.4 is 0 Å². The van der Waals surface area contributed by atoms with Gasteiger partial charge in [-0.25, -0.2) is 9.69 Å². The number of hydrogen-bond donors (Lipinski definition) is 0. The predicted octanol–water partition coefficient (Wildman–Crippen LogP) is 3.89. The Balaban J connectivity index is 1.11. The van der Waals surface area contributed by atoms with Crippen molar-refractivity contribution >= 4 is 23.8 Å². The SMILES string of the molecule is CC1(C)C[C@@H]1C(=O)N1CC2(CN(C(=O)c3cnn(Cc4ccccc4)c3)C[C@H]2C(=O)N2C(=O)OC[C@@H]2CC2=CCCC=C2)C1. The van der Waals surface area contributed by atoms with E-state index in [2.05, 4.69) is 37.2 Å². The highest BCUT2D eigenvalue weighted by molar-refractivity contribution is 5.98. The Labute approximate surface area is 257 Å². The van der Waals surface area contributed by atoms with Crippen molar-refractivity contribution in [2.24, 2.45) is 22.7 Å². The van der Waals surface area contributed by atoms with Crippen molar-refractivity contribution in [3.8, 4) is 0 Å². The molecule has 2 aromatic rings. The van der Waals surface area contributed by atoms with E-state index in [1.165, 1.54) is 4.90 Å². The molecular formula is C34H39N5O5. The van der Waals surface area contributed by atoms with Gasteiger partial charge in [-0.2, -0.15) is 5.10 Å². The Hall–Kier alpha value is -4.21. The van der Waals surface area contributed by atoms with Crippen molar-refractivity contribution in [1.29, 1.82) is 0 Å². The van der Waals surface area contributed by atoms with E-state index in [-0.39, 0.29) is 42.2 Å². The number of ether oxygens (including phenoxy) is 1. The van der Waals surface area contributed by atoms with Gasteiger partial charge in [-0.05, 0) is 36.7 Å². The molecular weight excluding hydrogens is 558 g/mol. The summed E-state index contributed by atoms with van der Waals surface area (Å²) >= 11 is 0. The third-order valence-electron chi connectivity index (χ3n) is 10.2. The van der Waals surface area contributed by atoms with Gasteiger partial charge in [0.25, 0.3) is 5.91 Å². The van der Waals surface area contributed by atoms with Crippen LogP contribution in [0, 0.1) is 22.7 Å². The molecule has 44 heavy (non-hydrogen) atoms. The lowest BCUT2D eigenvalue weighted by atomic mass is 9.70. The van der Waals surface area contributed by atoms with Crippen LogP contribution in [0.5, 0.6) is 0 Å². The summed E-state index contributed by atoms with van der Waals surface area (Å²) in [5.74, 6) is -1.02. The molecule has 4 heterocycles. The minimum absolute atomic E-state index is 0.00141. The molecule has 5 aliphatic rings. The second-order valence-electron chi connectivity index (χ2n) is 13.9. The Bertz CT molecular complexity index is 1550. The van der Waals surface area contributed by atoms with Gasteiger partial charge in [0.15, 0.2) is 0 Å². The lowest BCUT2D eigenvalue weighted by molar-refractivity contribution is -0.154. The maximum Gasteiger partial charge on any atom is 0.416 e. The third kappa shape index (κ3) is 5.14. The van der Waals surface area contributed by atoms with Crippen molar-refractivity contribution in [2.75, 3.05) is 32.8 Å². The first-order valence-electron chi connectivity index (χ1n) is 15.6. The van der Waals surface area contributed by atoms with Crippen molar-refractivity contribution in [2.45, 2.75) is 52.1 Å². The monoisotopic (exact) mass is 597 g/mol. The molecule has 230 valence electrons. The minimum Gasteiger partial charge on any atom is -0.447 e. The molecule has 1 aromatic carbocycles. The molecule has 1 spiro atoms. The predicted molar refractivity (Wildman–Crippen MR) is 161 cm³/mol. The first kappa shape index (κ1) is 28.6. The number of hydrogen-bond acceptors (Lipinski definition) is 6. The van der Waals surface area contributed by atoms with Gasteiger partial charge in [-0.3, -0.25) is 19.1 Å². The van der Waals surface area contributed by atoms with Gasteiger partial charge in [0.2, 0.25) is 11.8 Å². The molecule has 0 unspecified atom stereocenters. The maximum absolute atomic E-state index is 14.3. The molecule has 7 rings (SSSR count). The van der Waals surface area contributed by atoms with Crippen molar-refractivity contribution in [3.63, 3.8) is 0 Å². The van der Waals surface area contributed by atoms with Crippen LogP contribution in [0.1, 0.15) is 55.5 Å². The molecule has 4 amide bonds. The van der Waals surface area contributed by atoms with Crippen LogP contribution in [-0.2, 0) is 20.9 Å². The van der Waals surface area contributed by atoms with Crippen LogP contribution in [-0.4, -0.2) is 87.1 Å². The summed E-state index contributed by atoms with van der Waals surface area (Å²) < 4.78 is 7.13. The topological polar surface area (TPSA) is 105 Å². The smallest absolute Gasteiger partial charge is 0.416 e. The number of allylic oxidation sites excluding steroid dienone is 3. The zero-order valence-electron chi connectivity index (χ0n) is 25.4. The summed E-state index contributed by atoms with van der Waals surface area (Å²) in [6.45, 7) is 6.20. The second-order valence-corrected chi connectivity index (χ2v) is 13.9. The number of rotatable bonds is 7. The fourth-order valence-corrected chi connectivity index (χ4v) is 7.42. The zero-order chi connectivity index (χ0) is 30.6. The molecule has 2 aliphatic carbocycles. The van der Waals surface area contributed by atoms with E-state index in [0.29, 0.717) is 38.2 Å². The number of benzene rings is 1. The Morgan fingerprint density at radius 1 is 1.00 bits per heavy atom. The number of imide groups is 1. The standard InChI is InChI=1S/C34H39N5O5/c1-33(2)14-27(33)30(41)37-21-34(22-37)20-36(29(40)25-15-35-38(17-25)16-24-11-7-4-8-12-24)18-28(34)31(42)39-26(19-44-32(39)43)13-23-9-5-3-6-10-23/h4-5,7-12,15,17,26-28H,3,6,13-14,16,18-22H2,1-2H3/t26-,27+,28-/m0/s1. The summed E-state index contributed by atoms with van der Waals surface area (Å²) in [7, 11) is 0. The number of nitrogens with zero attached hydrogens (tertiary/aromatic N) is 5. The lowest BCUT2D eigenvalue weighted by Gasteiger charge is -2.51. The second kappa shape index (κ2) is 10.7. The number of likely N-dealkylation sites (tertiary alicyclic amines) is 2. The van der Waals surface area contributed by atoms with Crippen molar-refractivity contribution in [3.05, 3.63) is 77.7 Å². The van der Waals surface area contributed by atoms with Gasteiger partial charge < -0.3 is 14.5 Å². The minimum atomic E-state index is -0.630. The number of carbonyl (C=O) groups excluding carboxylic acids is 4. The summed E-state index contributed by atoms with van der Waals surface area (Å²) in [6, 6.07) is 9.50. The van der Waals surface area contributed by atoms with E-state index in [9.17, 15) is 19.2 Å². The van der Waals surface area contributed by atoms with Crippen molar-refractivity contribution < 1.29 is 23.9 Å². The van der Waals surface area contributed by atoms with Crippen LogP contribution in [0.3, 0.4) is 0 Å². The molecule has 10 heteroatoms. The van der Waals surface area contributed by atoms with Gasteiger partial charge >= 0.3 is 6.09 Å². The van der Waals surface area contributed by atoms with E-state index in [1.54, 1.807) is 22.0 Å². The summed E-state index contributed by atoms with van der Waals surface area (Å²) in [5, 5.41) is 4.41. The number of carbonyl (C=O) groups is 4. The maximum atomic E-state index is 14.3. The molecule has 1 saturated carbocycles.